The second-order valence-electron chi connectivity index (χ2n) is 7.08. The molecule has 2 amide bonds. The maximum atomic E-state index is 13.2. The first-order valence-corrected chi connectivity index (χ1v) is 10.2. The first kappa shape index (κ1) is 16.6. The average Bonchev–Trinajstić information content (AvgIpc) is 3.43. The Morgan fingerprint density at radius 1 is 1.04 bits per heavy atom. The fourth-order valence-electron chi connectivity index (χ4n) is 3.99. The number of fused-ring (bicyclic) bond motifs is 1. The predicted octanol–water partition coefficient (Wildman–Crippen LogP) is 3.73. The Kier molecular flexibility index (Phi) is 4.26. The Balaban J connectivity index is 1.41. The number of hydrogen-bond donors (Lipinski definition) is 0. The van der Waals surface area contributed by atoms with Crippen LogP contribution >= 0.6 is 11.3 Å². The van der Waals surface area contributed by atoms with E-state index in [0.717, 1.165) is 41.2 Å². The van der Waals surface area contributed by atoms with Crippen molar-refractivity contribution >= 4 is 39.0 Å². The van der Waals surface area contributed by atoms with Crippen molar-refractivity contribution in [3.8, 4) is 0 Å². The van der Waals surface area contributed by atoms with Crippen LogP contribution in [0.4, 0.5) is 16.2 Å². The Morgan fingerprint density at radius 3 is 2.78 bits per heavy atom. The van der Waals surface area contributed by atoms with Gasteiger partial charge in [-0.1, -0.05) is 0 Å². The number of nitrogens with zero attached hydrogens (tertiary/aromatic N) is 5. The van der Waals surface area contributed by atoms with Crippen molar-refractivity contribution in [1.29, 1.82) is 0 Å². The molecule has 0 atom stereocenters. The van der Waals surface area contributed by atoms with E-state index in [1.54, 1.807) is 11.3 Å². The lowest BCUT2D eigenvalue weighted by Gasteiger charge is -2.23. The number of aromatic nitrogens is 2. The number of thiazole rings is 1. The summed E-state index contributed by atoms with van der Waals surface area (Å²) in [6.07, 6.45) is 6.18. The molecule has 5 rings (SSSR count). The lowest BCUT2D eigenvalue weighted by atomic mass is 10.2. The monoisotopic (exact) mass is 379 g/mol. The quantitative estimate of drug-likeness (QED) is 0.693. The summed E-state index contributed by atoms with van der Waals surface area (Å²) in [5.41, 5.74) is 5.87. The van der Waals surface area contributed by atoms with Crippen LogP contribution in [-0.2, 0) is 6.54 Å². The van der Waals surface area contributed by atoms with E-state index in [0.29, 0.717) is 13.1 Å². The molecule has 27 heavy (non-hydrogen) atoms. The Bertz CT molecular complexity index is 981. The van der Waals surface area contributed by atoms with Gasteiger partial charge >= 0.3 is 6.03 Å². The lowest BCUT2D eigenvalue weighted by molar-refractivity contribution is 0.255. The highest BCUT2D eigenvalue weighted by Crippen LogP contribution is 2.30. The number of carbonyl (C=O) groups excluding carboxylic acids is 1. The van der Waals surface area contributed by atoms with E-state index >= 15 is 0 Å². The molecule has 2 aliphatic heterocycles. The highest BCUT2D eigenvalue weighted by atomic mass is 32.1. The maximum absolute atomic E-state index is 13.2. The summed E-state index contributed by atoms with van der Waals surface area (Å²) >= 11 is 1.60. The topological polar surface area (TPSA) is 52.6 Å². The number of rotatable bonds is 4. The van der Waals surface area contributed by atoms with Crippen molar-refractivity contribution < 1.29 is 4.79 Å². The van der Waals surface area contributed by atoms with Gasteiger partial charge in [0.25, 0.3) is 0 Å². The second kappa shape index (κ2) is 6.90. The van der Waals surface area contributed by atoms with Gasteiger partial charge in [0.2, 0.25) is 0 Å². The minimum absolute atomic E-state index is 0.0227. The molecule has 3 aromatic rings. The standard InChI is InChI=1S/C20H21N5OS/c26-20-24(16-3-4-17-19(11-16)27-14-22-17)9-10-25(20)18-12-21-6-5-15(18)13-23-7-1-2-8-23/h3-6,11-12,14H,1-2,7-10,13H2. The van der Waals surface area contributed by atoms with E-state index in [-0.39, 0.29) is 6.03 Å². The molecule has 1 aromatic carbocycles. The van der Waals surface area contributed by atoms with Crippen LogP contribution in [0.25, 0.3) is 10.2 Å². The van der Waals surface area contributed by atoms with E-state index in [2.05, 4.69) is 20.9 Å². The van der Waals surface area contributed by atoms with E-state index in [1.807, 2.05) is 45.9 Å². The minimum atomic E-state index is 0.0227. The molecule has 2 saturated heterocycles. The molecule has 0 aliphatic carbocycles. The van der Waals surface area contributed by atoms with Crippen LogP contribution < -0.4 is 9.80 Å². The number of pyridine rings is 1. The SMILES string of the molecule is O=C1N(c2ccc3ncsc3c2)CCN1c1cnccc1CN1CCCC1. The largest absolute Gasteiger partial charge is 0.329 e. The van der Waals surface area contributed by atoms with Crippen LogP contribution in [0.15, 0.2) is 42.2 Å². The molecule has 2 aromatic heterocycles. The third-order valence-electron chi connectivity index (χ3n) is 5.41. The molecule has 7 heteroatoms. The van der Waals surface area contributed by atoms with E-state index in [1.165, 1.54) is 18.4 Å². The van der Waals surface area contributed by atoms with Crippen molar-refractivity contribution in [1.82, 2.24) is 14.9 Å². The summed E-state index contributed by atoms with van der Waals surface area (Å²) < 4.78 is 1.11. The zero-order valence-corrected chi connectivity index (χ0v) is 15.9. The fourth-order valence-corrected chi connectivity index (χ4v) is 4.70. The Morgan fingerprint density at radius 2 is 1.89 bits per heavy atom. The number of carbonyl (C=O) groups is 1. The zero-order chi connectivity index (χ0) is 18.2. The normalized spacial score (nSPS) is 18.1. The lowest BCUT2D eigenvalue weighted by Crippen LogP contribution is -2.33. The molecule has 6 nitrogen and oxygen atoms in total. The van der Waals surface area contributed by atoms with Crippen molar-refractivity contribution in [3.05, 3.63) is 47.7 Å². The molecule has 2 aliphatic rings. The van der Waals surface area contributed by atoms with Crippen LogP contribution in [0.1, 0.15) is 18.4 Å². The maximum Gasteiger partial charge on any atom is 0.329 e. The molecule has 0 N–H and O–H groups in total. The molecule has 0 unspecified atom stereocenters. The van der Waals surface area contributed by atoms with Gasteiger partial charge in [0.05, 0.1) is 27.6 Å². The van der Waals surface area contributed by atoms with Crippen molar-refractivity contribution in [3.63, 3.8) is 0 Å². The number of amides is 2. The minimum Gasteiger partial charge on any atom is -0.299 e. The smallest absolute Gasteiger partial charge is 0.299 e. The Hall–Kier alpha value is -2.51. The molecule has 0 spiro atoms. The number of urea groups is 1. The van der Waals surface area contributed by atoms with Gasteiger partial charge in [-0.3, -0.25) is 19.7 Å². The van der Waals surface area contributed by atoms with Gasteiger partial charge in [-0.05, 0) is 55.8 Å². The van der Waals surface area contributed by atoms with Gasteiger partial charge in [-0.2, -0.15) is 0 Å². The average molecular weight is 379 g/mol. The number of hydrogen-bond acceptors (Lipinski definition) is 5. The van der Waals surface area contributed by atoms with Crippen LogP contribution in [-0.4, -0.2) is 47.1 Å². The van der Waals surface area contributed by atoms with Crippen LogP contribution in [0.2, 0.25) is 0 Å². The summed E-state index contributed by atoms with van der Waals surface area (Å²) in [5, 5.41) is 0. The Labute approximate surface area is 162 Å². The van der Waals surface area contributed by atoms with Crippen molar-refractivity contribution in [2.24, 2.45) is 0 Å². The highest BCUT2D eigenvalue weighted by Gasteiger charge is 2.32. The molecular formula is C20H21N5OS. The molecule has 4 heterocycles. The molecule has 138 valence electrons. The summed E-state index contributed by atoms with van der Waals surface area (Å²) in [7, 11) is 0. The van der Waals surface area contributed by atoms with Gasteiger partial charge in [-0.15, -0.1) is 11.3 Å². The van der Waals surface area contributed by atoms with E-state index < -0.39 is 0 Å². The molecule has 0 saturated carbocycles. The number of anilines is 2. The third-order valence-corrected chi connectivity index (χ3v) is 6.20. The third kappa shape index (κ3) is 3.07. The van der Waals surface area contributed by atoms with Gasteiger partial charge in [0, 0.05) is 31.5 Å². The summed E-state index contributed by atoms with van der Waals surface area (Å²) in [6, 6.07) is 8.10. The summed E-state index contributed by atoms with van der Waals surface area (Å²) in [4.78, 5) is 28.0. The first-order valence-electron chi connectivity index (χ1n) is 9.37. The molecular weight excluding hydrogens is 358 g/mol. The van der Waals surface area contributed by atoms with Gasteiger partial charge < -0.3 is 0 Å². The highest BCUT2D eigenvalue weighted by molar-refractivity contribution is 7.16. The molecule has 0 bridgehead atoms. The van der Waals surface area contributed by atoms with Gasteiger partial charge in [0.15, 0.2) is 0 Å². The van der Waals surface area contributed by atoms with E-state index in [9.17, 15) is 4.79 Å². The molecule has 0 radical (unpaired) electrons. The second-order valence-corrected chi connectivity index (χ2v) is 7.96. The predicted molar refractivity (Wildman–Crippen MR) is 108 cm³/mol. The van der Waals surface area contributed by atoms with Crippen LogP contribution in [0, 0.1) is 0 Å². The zero-order valence-electron chi connectivity index (χ0n) is 15.0. The van der Waals surface area contributed by atoms with Crippen LogP contribution in [0.3, 0.4) is 0 Å². The van der Waals surface area contributed by atoms with Gasteiger partial charge in [0.1, 0.15) is 0 Å². The number of likely N-dealkylation sites (tertiary alicyclic amines) is 1. The summed E-state index contributed by atoms with van der Waals surface area (Å²) in [6.45, 7) is 4.52. The van der Waals surface area contributed by atoms with Gasteiger partial charge in [-0.25, -0.2) is 9.78 Å². The molecule has 2 fully saturated rings. The van der Waals surface area contributed by atoms with E-state index in [4.69, 9.17) is 0 Å². The first-order chi connectivity index (χ1) is 13.3. The summed E-state index contributed by atoms with van der Waals surface area (Å²) in [5.74, 6) is 0. The van der Waals surface area contributed by atoms with Crippen molar-refractivity contribution in [2.75, 3.05) is 36.0 Å². The number of benzene rings is 1. The fraction of sp³-hybridized carbons (Fsp3) is 0.350. The van der Waals surface area contributed by atoms with Crippen LogP contribution in [0.5, 0.6) is 0 Å². The van der Waals surface area contributed by atoms with Crippen molar-refractivity contribution in [2.45, 2.75) is 19.4 Å².